The van der Waals surface area contributed by atoms with Gasteiger partial charge in [0.25, 0.3) is 5.91 Å². The van der Waals surface area contributed by atoms with Gasteiger partial charge in [0.1, 0.15) is 0 Å². The minimum Gasteiger partial charge on any atom is -0.377 e. The molecule has 1 aromatic heterocycles. The molecular weight excluding hydrogens is 310 g/mol. The van der Waals surface area contributed by atoms with E-state index in [0.717, 1.165) is 38.5 Å². The zero-order valence-corrected chi connectivity index (χ0v) is 13.4. The second kappa shape index (κ2) is 6.06. The molecule has 1 aromatic rings. The highest BCUT2D eigenvalue weighted by molar-refractivity contribution is 7.90. The quantitative estimate of drug-likeness (QED) is 0.915. The Morgan fingerprint density at radius 2 is 2.19 bits per heavy atom. The number of nitrogens with one attached hydrogen (secondary N) is 1. The van der Waals surface area contributed by atoms with Gasteiger partial charge in [-0.1, -0.05) is 0 Å². The normalized spacial score (nSPS) is 22.0. The van der Waals surface area contributed by atoms with E-state index in [1.807, 2.05) is 6.07 Å². The van der Waals surface area contributed by atoms with Gasteiger partial charge in [0.15, 0.2) is 0 Å². The standard InChI is InChI=1S/C14H19NO4S2/c16-14(13-8-10-4-3-6-12(10)20-13)15-21(17,18)9-11-5-1-2-7-19-11/h8,11H,1-7,9H2,(H,15,16). The Kier molecular flexibility index (Phi) is 4.33. The molecule has 2 heterocycles. The number of ether oxygens (including phenoxy) is 1. The van der Waals surface area contributed by atoms with Crippen molar-refractivity contribution in [2.45, 2.75) is 44.6 Å². The van der Waals surface area contributed by atoms with Gasteiger partial charge in [0.05, 0.1) is 16.7 Å². The molecule has 116 valence electrons. The summed E-state index contributed by atoms with van der Waals surface area (Å²) in [4.78, 5) is 13.8. The van der Waals surface area contributed by atoms with Crippen LogP contribution in [0.1, 0.15) is 45.8 Å². The lowest BCUT2D eigenvalue weighted by Crippen LogP contribution is -2.38. The van der Waals surface area contributed by atoms with E-state index in [4.69, 9.17) is 4.74 Å². The van der Waals surface area contributed by atoms with E-state index in [9.17, 15) is 13.2 Å². The van der Waals surface area contributed by atoms with E-state index in [0.29, 0.717) is 11.5 Å². The summed E-state index contributed by atoms with van der Waals surface area (Å²) in [6.45, 7) is 0.603. The fourth-order valence-electron chi connectivity index (χ4n) is 2.86. The maximum Gasteiger partial charge on any atom is 0.274 e. The number of hydrogen-bond acceptors (Lipinski definition) is 5. The van der Waals surface area contributed by atoms with Crippen LogP contribution in [0.25, 0.3) is 0 Å². The maximum absolute atomic E-state index is 12.1. The Morgan fingerprint density at radius 3 is 2.90 bits per heavy atom. The third-order valence-electron chi connectivity index (χ3n) is 3.90. The van der Waals surface area contributed by atoms with Gasteiger partial charge in [-0.05, 0) is 50.2 Å². The molecule has 3 rings (SSSR count). The van der Waals surface area contributed by atoms with E-state index >= 15 is 0 Å². The second-order valence-corrected chi connectivity index (χ2v) is 8.52. The van der Waals surface area contributed by atoms with Crippen molar-refractivity contribution in [2.24, 2.45) is 0 Å². The molecule has 0 aromatic carbocycles. The summed E-state index contributed by atoms with van der Waals surface area (Å²) >= 11 is 1.41. The average molecular weight is 329 g/mol. The number of amides is 1. The maximum atomic E-state index is 12.1. The van der Waals surface area contributed by atoms with E-state index in [2.05, 4.69) is 4.72 Å². The van der Waals surface area contributed by atoms with Crippen LogP contribution >= 0.6 is 11.3 Å². The zero-order chi connectivity index (χ0) is 14.9. The zero-order valence-electron chi connectivity index (χ0n) is 11.8. The van der Waals surface area contributed by atoms with Gasteiger partial charge in [-0.2, -0.15) is 0 Å². The van der Waals surface area contributed by atoms with Crippen LogP contribution in [0.2, 0.25) is 0 Å². The molecule has 0 spiro atoms. The third-order valence-corrected chi connectivity index (χ3v) is 6.44. The van der Waals surface area contributed by atoms with Crippen molar-refractivity contribution >= 4 is 27.3 Å². The van der Waals surface area contributed by atoms with Crippen molar-refractivity contribution in [1.29, 1.82) is 0 Å². The smallest absolute Gasteiger partial charge is 0.274 e. The SMILES string of the molecule is O=C(NS(=O)(=O)CC1CCCCO1)c1cc2c(s1)CCC2. The third kappa shape index (κ3) is 3.64. The van der Waals surface area contributed by atoms with Gasteiger partial charge in [-0.15, -0.1) is 11.3 Å². The number of carbonyl (C=O) groups excluding carboxylic acids is 1. The van der Waals surface area contributed by atoms with Crippen LogP contribution in [0.4, 0.5) is 0 Å². The van der Waals surface area contributed by atoms with Gasteiger partial charge in [0, 0.05) is 11.5 Å². The lowest BCUT2D eigenvalue weighted by Gasteiger charge is -2.22. The number of thiophene rings is 1. The van der Waals surface area contributed by atoms with Crippen molar-refractivity contribution in [3.8, 4) is 0 Å². The summed E-state index contributed by atoms with van der Waals surface area (Å²) in [5.74, 6) is -0.644. The topological polar surface area (TPSA) is 72.5 Å². The van der Waals surface area contributed by atoms with E-state index in [-0.39, 0.29) is 11.9 Å². The predicted octanol–water partition coefficient (Wildman–Crippen LogP) is 1.87. The van der Waals surface area contributed by atoms with Gasteiger partial charge in [0.2, 0.25) is 10.0 Å². The highest BCUT2D eigenvalue weighted by Crippen LogP contribution is 2.30. The number of hydrogen-bond donors (Lipinski definition) is 1. The lowest BCUT2D eigenvalue weighted by atomic mass is 10.1. The highest BCUT2D eigenvalue weighted by Gasteiger charge is 2.25. The number of sulfonamides is 1. The first-order valence-electron chi connectivity index (χ1n) is 7.31. The van der Waals surface area contributed by atoms with Crippen LogP contribution in [0.3, 0.4) is 0 Å². The molecule has 1 fully saturated rings. The lowest BCUT2D eigenvalue weighted by molar-refractivity contribution is 0.0304. The molecule has 5 nitrogen and oxygen atoms in total. The van der Waals surface area contributed by atoms with Gasteiger partial charge < -0.3 is 4.74 Å². The Labute approximate surface area is 128 Å². The summed E-state index contributed by atoms with van der Waals surface area (Å²) in [6.07, 6.45) is 5.51. The van der Waals surface area contributed by atoms with Crippen LogP contribution in [-0.4, -0.2) is 32.8 Å². The van der Waals surface area contributed by atoms with E-state index in [1.54, 1.807) is 0 Å². The van der Waals surface area contributed by atoms with E-state index in [1.165, 1.54) is 21.8 Å². The number of rotatable bonds is 4. The Hall–Kier alpha value is -0.920. The minimum atomic E-state index is -3.64. The van der Waals surface area contributed by atoms with Gasteiger partial charge >= 0.3 is 0 Å². The van der Waals surface area contributed by atoms with Crippen molar-refractivity contribution in [1.82, 2.24) is 4.72 Å². The first-order valence-corrected chi connectivity index (χ1v) is 9.78. The molecule has 0 saturated carbocycles. The van der Waals surface area contributed by atoms with Crippen LogP contribution in [0.5, 0.6) is 0 Å². The molecule has 1 N–H and O–H groups in total. The summed E-state index contributed by atoms with van der Waals surface area (Å²) in [5, 5.41) is 0. The average Bonchev–Trinajstić information content (AvgIpc) is 2.99. The molecule has 0 radical (unpaired) electrons. The van der Waals surface area contributed by atoms with E-state index < -0.39 is 15.9 Å². The molecule has 1 atom stereocenters. The number of fused-ring (bicyclic) bond motifs is 1. The summed E-state index contributed by atoms with van der Waals surface area (Å²) in [7, 11) is -3.64. The number of carbonyl (C=O) groups is 1. The fourth-order valence-corrected chi connectivity index (χ4v) is 5.30. The summed E-state index contributed by atoms with van der Waals surface area (Å²) < 4.78 is 31.7. The molecule has 1 saturated heterocycles. The highest BCUT2D eigenvalue weighted by atomic mass is 32.2. The van der Waals surface area contributed by atoms with Crippen molar-refractivity contribution in [3.05, 3.63) is 21.4 Å². The van der Waals surface area contributed by atoms with Crippen LogP contribution in [0.15, 0.2) is 6.07 Å². The number of aryl methyl sites for hydroxylation is 2. The fraction of sp³-hybridized carbons (Fsp3) is 0.643. The second-order valence-electron chi connectivity index (χ2n) is 5.61. The van der Waals surface area contributed by atoms with Crippen LogP contribution < -0.4 is 4.72 Å². The molecule has 1 unspecified atom stereocenters. The Bertz CT molecular complexity index is 608. The summed E-state index contributed by atoms with van der Waals surface area (Å²) in [6, 6.07) is 1.83. The Balaban J connectivity index is 1.62. The molecular formula is C14H19NO4S2. The molecule has 0 bridgehead atoms. The molecule has 1 amide bonds. The largest absolute Gasteiger partial charge is 0.377 e. The predicted molar refractivity (Wildman–Crippen MR) is 81.2 cm³/mol. The molecule has 21 heavy (non-hydrogen) atoms. The van der Waals surface area contributed by atoms with Crippen LogP contribution in [0, 0.1) is 0 Å². The van der Waals surface area contributed by atoms with Crippen molar-refractivity contribution < 1.29 is 17.9 Å². The minimum absolute atomic E-state index is 0.135. The monoisotopic (exact) mass is 329 g/mol. The molecule has 2 aliphatic rings. The van der Waals surface area contributed by atoms with Gasteiger partial charge in [-0.3, -0.25) is 4.79 Å². The van der Waals surface area contributed by atoms with Crippen molar-refractivity contribution in [2.75, 3.05) is 12.4 Å². The summed E-state index contributed by atoms with van der Waals surface area (Å²) in [5.41, 5.74) is 1.19. The molecule has 1 aliphatic carbocycles. The molecule has 7 heteroatoms. The first-order chi connectivity index (χ1) is 10.0. The van der Waals surface area contributed by atoms with Gasteiger partial charge in [-0.25, -0.2) is 13.1 Å². The Morgan fingerprint density at radius 1 is 1.33 bits per heavy atom. The first kappa shape index (κ1) is 15.0. The van der Waals surface area contributed by atoms with Crippen molar-refractivity contribution in [3.63, 3.8) is 0 Å². The molecule has 1 aliphatic heterocycles. The van der Waals surface area contributed by atoms with Crippen LogP contribution in [-0.2, 0) is 27.6 Å².